The van der Waals surface area contributed by atoms with Crippen LogP contribution in [-0.2, 0) is 71.8 Å². The predicted octanol–water partition coefficient (Wildman–Crippen LogP) is 10.4. The van der Waals surface area contributed by atoms with Crippen LogP contribution in [0.3, 0.4) is 0 Å². The Hall–Kier alpha value is -5.66. The van der Waals surface area contributed by atoms with Gasteiger partial charge in [-0.25, -0.2) is 29.3 Å². The summed E-state index contributed by atoms with van der Waals surface area (Å²) in [5, 5.41) is 3.09. The van der Waals surface area contributed by atoms with Crippen LogP contribution < -0.4 is 27.8 Å². The summed E-state index contributed by atoms with van der Waals surface area (Å²) in [6.07, 6.45) is 34.0. The smallest absolute Gasteiger partial charge is 0.332 e. The standard InChI is InChI=1S/C34H61N5O4.C29H43N5O5/c1-6-8-9-10-11-12-13-16-19-22-25-38(7-2)27-30(43-29(3)40)24-21-18-15-14-17-20-23-26-39-33(41)31-32(35-28-36(31)4)37(5)34(39)42;1-4-38-39-21-24(20-23-16-12-11-13-17-23)31-25(35)18-14-9-7-5-6-8-10-15-19-34-28(36)26-27(30-22-32(26)2)33(3)29(34)37/h28,30H,6-27H2,1-5H3;11-13,16-17,22,24H,4-10,14-15,18-21H2,1-3H3,(H,31,35). The molecule has 5 rings (SSSR count). The van der Waals surface area contributed by atoms with Gasteiger partial charge in [0.1, 0.15) is 12.7 Å². The van der Waals surface area contributed by atoms with Crippen molar-refractivity contribution >= 4 is 34.2 Å². The van der Waals surface area contributed by atoms with Crippen molar-refractivity contribution in [3.63, 3.8) is 0 Å². The van der Waals surface area contributed by atoms with Crippen molar-refractivity contribution in [1.82, 2.24) is 47.6 Å². The molecule has 2 atom stereocenters. The van der Waals surface area contributed by atoms with E-state index in [2.05, 4.69) is 34.0 Å². The normalized spacial score (nSPS) is 12.3. The first-order chi connectivity index (χ1) is 39.7. The Morgan fingerprint density at radius 3 is 1.52 bits per heavy atom. The number of nitrogens with zero attached hydrogens (tertiary/aromatic N) is 9. The zero-order valence-corrected chi connectivity index (χ0v) is 51.6. The summed E-state index contributed by atoms with van der Waals surface area (Å²) < 4.78 is 14.6. The van der Waals surface area contributed by atoms with E-state index in [-0.39, 0.29) is 46.5 Å². The van der Waals surface area contributed by atoms with Gasteiger partial charge in [0.15, 0.2) is 22.3 Å². The summed E-state index contributed by atoms with van der Waals surface area (Å²) in [5.74, 6) is -0.141. The third kappa shape index (κ3) is 24.3. The number of aromatic nitrogens is 8. The van der Waals surface area contributed by atoms with E-state index < -0.39 is 0 Å². The van der Waals surface area contributed by atoms with Gasteiger partial charge < -0.3 is 19.2 Å². The second-order valence-corrected chi connectivity index (χ2v) is 22.4. The lowest BCUT2D eigenvalue weighted by atomic mass is 10.1. The van der Waals surface area contributed by atoms with Gasteiger partial charge in [-0.05, 0) is 70.5 Å². The van der Waals surface area contributed by atoms with Gasteiger partial charge in [0.25, 0.3) is 11.1 Å². The highest BCUT2D eigenvalue weighted by Gasteiger charge is 2.19. The molecule has 5 aromatic rings. The first kappa shape index (κ1) is 68.8. The van der Waals surface area contributed by atoms with E-state index in [1.165, 1.54) is 89.4 Å². The van der Waals surface area contributed by atoms with E-state index in [1.54, 1.807) is 50.0 Å². The van der Waals surface area contributed by atoms with Crippen LogP contribution in [0.15, 0.2) is 62.2 Å². The summed E-state index contributed by atoms with van der Waals surface area (Å²) >= 11 is 0. The van der Waals surface area contributed by atoms with E-state index in [9.17, 15) is 28.8 Å². The van der Waals surface area contributed by atoms with Gasteiger partial charge in [-0.3, -0.25) is 42.3 Å². The molecule has 4 aromatic heterocycles. The second kappa shape index (κ2) is 39.8. The number of fused-ring (bicyclic) bond motifs is 2. The van der Waals surface area contributed by atoms with Crippen molar-refractivity contribution < 1.29 is 24.1 Å². The molecular weight excluding hydrogens is 1040 g/mol. The van der Waals surface area contributed by atoms with Gasteiger partial charge in [-0.1, -0.05) is 173 Å². The average molecular weight is 1150 g/mol. The topological polar surface area (TPSA) is 201 Å². The number of nitrogens with one attached hydrogen (secondary N) is 1. The highest BCUT2D eigenvalue weighted by molar-refractivity contribution is 5.76. The molecule has 0 aliphatic rings. The minimum atomic E-state index is -0.316. The summed E-state index contributed by atoms with van der Waals surface area (Å²) in [7, 11) is 6.86. The zero-order valence-electron chi connectivity index (χ0n) is 51.6. The van der Waals surface area contributed by atoms with Crippen molar-refractivity contribution in [2.24, 2.45) is 28.2 Å². The summed E-state index contributed by atoms with van der Waals surface area (Å²) in [4.78, 5) is 96.0. The number of ether oxygens (including phenoxy) is 1. The number of benzene rings is 1. The lowest BCUT2D eigenvalue weighted by Crippen LogP contribution is -2.39. The lowest BCUT2D eigenvalue weighted by Gasteiger charge is -2.26. The number of esters is 1. The van der Waals surface area contributed by atoms with Crippen LogP contribution in [0, 0.1) is 0 Å². The van der Waals surface area contributed by atoms with E-state index in [0.29, 0.717) is 61.5 Å². The van der Waals surface area contributed by atoms with E-state index in [0.717, 1.165) is 128 Å². The van der Waals surface area contributed by atoms with E-state index in [1.807, 2.05) is 37.3 Å². The quantitative estimate of drug-likeness (QED) is 0.0168. The van der Waals surface area contributed by atoms with Crippen molar-refractivity contribution in [1.29, 1.82) is 0 Å². The minimum Gasteiger partial charge on any atom is -0.461 e. The number of likely N-dealkylation sites (N-methyl/N-ethyl adjacent to an activating group) is 1. The van der Waals surface area contributed by atoms with Crippen molar-refractivity contribution in [3.05, 3.63) is 90.2 Å². The number of imidazole rings is 2. The molecule has 0 aliphatic carbocycles. The van der Waals surface area contributed by atoms with Crippen LogP contribution in [0.4, 0.5) is 0 Å². The molecule has 2 unspecified atom stereocenters. The fraction of sp³-hybridized carbons (Fsp3) is 0.714. The Labute approximate surface area is 488 Å². The number of unbranched alkanes of at least 4 members (excludes halogenated alkanes) is 22. The van der Waals surface area contributed by atoms with Crippen LogP contribution in [0.2, 0.25) is 0 Å². The minimum absolute atomic E-state index is 0.0294. The molecular formula is C63H104N10O9. The van der Waals surface area contributed by atoms with Gasteiger partial charge in [0, 0.05) is 61.2 Å². The largest absolute Gasteiger partial charge is 0.461 e. The molecule has 0 radical (unpaired) electrons. The third-order valence-electron chi connectivity index (χ3n) is 15.6. The Bertz CT molecular complexity index is 2830. The number of hydrogen-bond donors (Lipinski definition) is 1. The molecule has 0 saturated heterocycles. The molecule has 4 heterocycles. The first-order valence-electron chi connectivity index (χ1n) is 31.4. The average Bonchev–Trinajstić information content (AvgIpc) is 4.27. The molecule has 19 heteroatoms. The second-order valence-electron chi connectivity index (χ2n) is 22.4. The number of amides is 1. The molecule has 0 spiro atoms. The van der Waals surface area contributed by atoms with Crippen molar-refractivity contribution in [2.75, 3.05) is 32.8 Å². The number of rotatable bonds is 43. The lowest BCUT2D eigenvalue weighted by molar-refractivity contribution is -0.294. The molecule has 0 bridgehead atoms. The first-order valence-corrected chi connectivity index (χ1v) is 31.4. The van der Waals surface area contributed by atoms with Crippen LogP contribution >= 0.6 is 0 Å². The number of carbonyl (C=O) groups excluding carboxylic acids is 2. The van der Waals surface area contributed by atoms with Gasteiger partial charge in [-0.2, -0.15) is 0 Å². The van der Waals surface area contributed by atoms with Gasteiger partial charge in [0.05, 0.1) is 25.3 Å². The maximum atomic E-state index is 12.8. The van der Waals surface area contributed by atoms with E-state index >= 15 is 0 Å². The van der Waals surface area contributed by atoms with Crippen LogP contribution in [0.25, 0.3) is 22.3 Å². The molecule has 1 N–H and O–H groups in total. The van der Waals surface area contributed by atoms with Crippen LogP contribution in [-0.4, -0.2) is 99.1 Å². The molecule has 0 fully saturated rings. The highest BCUT2D eigenvalue weighted by atomic mass is 17.2. The number of hydrogen-bond acceptors (Lipinski definition) is 12. The Morgan fingerprint density at radius 1 is 0.585 bits per heavy atom. The Kier molecular flexibility index (Phi) is 33.4. The van der Waals surface area contributed by atoms with Crippen LogP contribution in [0.1, 0.15) is 207 Å². The summed E-state index contributed by atoms with van der Waals surface area (Å²) in [6, 6.07) is 9.91. The Balaban J connectivity index is 0.000000354. The van der Waals surface area contributed by atoms with E-state index in [4.69, 9.17) is 14.5 Å². The summed E-state index contributed by atoms with van der Waals surface area (Å²) in [5.41, 5.74) is 1.77. The SMILES string of the molecule is CCCCCCCCCCCCN(CC)CC(CCCCCCCCCn1c(=O)c2c(ncn2C)n(C)c1=O)OC(C)=O.CCOOCC(Cc1ccccc1)NC(=O)CCCCCCCCCCn1c(=O)c2c(ncn2C)n(C)c1=O. The molecule has 1 aromatic carbocycles. The van der Waals surface area contributed by atoms with Crippen molar-refractivity contribution in [2.45, 2.75) is 233 Å². The van der Waals surface area contributed by atoms with Gasteiger partial charge in [0.2, 0.25) is 5.91 Å². The van der Waals surface area contributed by atoms with Gasteiger partial charge in [-0.15, -0.1) is 0 Å². The fourth-order valence-electron chi connectivity index (χ4n) is 10.8. The fourth-order valence-corrected chi connectivity index (χ4v) is 10.8. The number of aryl methyl sites for hydroxylation is 4. The number of carbonyl (C=O) groups is 2. The highest BCUT2D eigenvalue weighted by Crippen LogP contribution is 2.16. The monoisotopic (exact) mass is 1140 g/mol. The maximum Gasteiger partial charge on any atom is 0.332 e. The molecule has 1 amide bonds. The molecule has 19 nitrogen and oxygen atoms in total. The Morgan fingerprint density at radius 2 is 1.05 bits per heavy atom. The predicted molar refractivity (Wildman–Crippen MR) is 328 cm³/mol. The van der Waals surface area contributed by atoms with Crippen molar-refractivity contribution in [3.8, 4) is 0 Å². The third-order valence-corrected chi connectivity index (χ3v) is 15.6. The summed E-state index contributed by atoms with van der Waals surface area (Å²) in [6.45, 7) is 12.4. The zero-order chi connectivity index (χ0) is 59.5. The molecule has 0 aliphatic heterocycles. The molecule has 0 saturated carbocycles. The molecule has 82 heavy (non-hydrogen) atoms. The van der Waals surface area contributed by atoms with Gasteiger partial charge >= 0.3 is 17.3 Å². The maximum absolute atomic E-state index is 12.8. The van der Waals surface area contributed by atoms with Crippen LogP contribution in [0.5, 0.6) is 0 Å². The molecule has 460 valence electrons.